The molecule has 0 spiro atoms. The van der Waals surface area contributed by atoms with Crippen LogP contribution in [0.5, 0.6) is 0 Å². The zero-order chi connectivity index (χ0) is 12.4. The minimum Gasteiger partial charge on any atom is -0.468 e. The molecule has 0 saturated heterocycles. The van der Waals surface area contributed by atoms with Crippen molar-refractivity contribution >= 4 is 17.6 Å². The molecule has 1 amide bonds. The van der Waals surface area contributed by atoms with Crippen LogP contribution in [0.15, 0.2) is 18.2 Å². The number of carbonyl (C=O) groups excluding carboxylic acids is 2. The Morgan fingerprint density at radius 1 is 1.41 bits per heavy atom. The zero-order valence-corrected chi connectivity index (χ0v) is 10.0. The fourth-order valence-electron chi connectivity index (χ4n) is 2.06. The first-order chi connectivity index (χ1) is 8.11. The van der Waals surface area contributed by atoms with E-state index in [-0.39, 0.29) is 12.5 Å². The van der Waals surface area contributed by atoms with Gasteiger partial charge in [-0.05, 0) is 25.0 Å². The monoisotopic (exact) mass is 233 g/mol. The van der Waals surface area contributed by atoms with Crippen molar-refractivity contribution in [1.29, 1.82) is 0 Å². The van der Waals surface area contributed by atoms with Crippen LogP contribution in [-0.2, 0) is 20.7 Å². The molecule has 1 aromatic rings. The van der Waals surface area contributed by atoms with Crippen LogP contribution in [0.25, 0.3) is 0 Å². The summed E-state index contributed by atoms with van der Waals surface area (Å²) in [5, 5.41) is 0. The van der Waals surface area contributed by atoms with E-state index in [0.29, 0.717) is 6.42 Å². The van der Waals surface area contributed by atoms with Gasteiger partial charge < -0.3 is 9.64 Å². The van der Waals surface area contributed by atoms with Gasteiger partial charge in [0.15, 0.2) is 0 Å². The highest BCUT2D eigenvalue weighted by molar-refractivity contribution is 6.00. The third-order valence-corrected chi connectivity index (χ3v) is 2.95. The number of amides is 1. The van der Waals surface area contributed by atoms with Crippen molar-refractivity contribution in [3.8, 4) is 0 Å². The van der Waals surface area contributed by atoms with Crippen molar-refractivity contribution in [2.75, 3.05) is 18.6 Å². The minimum atomic E-state index is -0.397. The lowest BCUT2D eigenvalue weighted by Gasteiger charge is -2.28. The molecule has 2 rings (SSSR count). The van der Waals surface area contributed by atoms with Gasteiger partial charge in [-0.15, -0.1) is 0 Å². The van der Waals surface area contributed by atoms with Crippen LogP contribution in [0.2, 0.25) is 0 Å². The molecule has 0 fully saturated rings. The lowest BCUT2D eigenvalue weighted by Crippen LogP contribution is -2.39. The molecule has 4 nitrogen and oxygen atoms in total. The average molecular weight is 233 g/mol. The summed E-state index contributed by atoms with van der Waals surface area (Å²) in [6, 6.07) is 5.90. The molecule has 0 saturated carbocycles. The Labute approximate surface area is 100 Å². The van der Waals surface area contributed by atoms with E-state index >= 15 is 0 Å². The molecule has 4 heteroatoms. The first-order valence-electron chi connectivity index (χ1n) is 5.58. The molecule has 1 aliphatic heterocycles. The fraction of sp³-hybridized carbons (Fsp3) is 0.385. The summed E-state index contributed by atoms with van der Waals surface area (Å²) >= 11 is 0. The number of benzene rings is 1. The Bertz CT molecular complexity index is 468. The smallest absolute Gasteiger partial charge is 0.325 e. The van der Waals surface area contributed by atoms with E-state index in [9.17, 15) is 9.59 Å². The van der Waals surface area contributed by atoms with Crippen LogP contribution in [-0.4, -0.2) is 25.5 Å². The largest absolute Gasteiger partial charge is 0.468 e. The van der Waals surface area contributed by atoms with E-state index in [1.807, 2.05) is 19.1 Å². The lowest BCUT2D eigenvalue weighted by molar-refractivity contribution is -0.140. The molecule has 0 N–H and O–H groups in total. The third-order valence-electron chi connectivity index (χ3n) is 2.95. The van der Waals surface area contributed by atoms with Gasteiger partial charge in [-0.25, -0.2) is 0 Å². The van der Waals surface area contributed by atoms with Crippen LogP contribution in [0.4, 0.5) is 5.69 Å². The second kappa shape index (κ2) is 4.57. The van der Waals surface area contributed by atoms with Crippen LogP contribution >= 0.6 is 0 Å². The number of carbonyl (C=O) groups is 2. The fourth-order valence-corrected chi connectivity index (χ4v) is 2.06. The molecular weight excluding hydrogens is 218 g/mol. The summed E-state index contributed by atoms with van der Waals surface area (Å²) in [4.78, 5) is 24.6. The molecule has 1 aromatic carbocycles. The summed E-state index contributed by atoms with van der Waals surface area (Å²) in [7, 11) is 1.33. The maximum Gasteiger partial charge on any atom is 0.325 e. The number of hydrogen-bond acceptors (Lipinski definition) is 3. The summed E-state index contributed by atoms with van der Waals surface area (Å²) in [5.41, 5.74) is 3.11. The molecule has 17 heavy (non-hydrogen) atoms. The Hall–Kier alpha value is -1.84. The van der Waals surface area contributed by atoms with Crippen LogP contribution in [0, 0.1) is 6.92 Å². The van der Waals surface area contributed by atoms with E-state index < -0.39 is 5.97 Å². The quantitative estimate of drug-likeness (QED) is 0.726. The Balaban J connectivity index is 2.33. The van der Waals surface area contributed by atoms with Gasteiger partial charge in [0.05, 0.1) is 7.11 Å². The van der Waals surface area contributed by atoms with Crippen molar-refractivity contribution in [2.24, 2.45) is 0 Å². The maximum atomic E-state index is 11.8. The molecule has 0 radical (unpaired) electrons. The van der Waals surface area contributed by atoms with Gasteiger partial charge in [0.25, 0.3) is 0 Å². The van der Waals surface area contributed by atoms with E-state index in [1.165, 1.54) is 12.0 Å². The highest BCUT2D eigenvalue weighted by Crippen LogP contribution is 2.28. The van der Waals surface area contributed by atoms with Crippen molar-refractivity contribution in [2.45, 2.75) is 19.8 Å². The van der Waals surface area contributed by atoms with E-state index in [1.54, 1.807) is 0 Å². The number of methoxy groups -OCH3 is 1. The first kappa shape index (κ1) is 11.6. The summed E-state index contributed by atoms with van der Waals surface area (Å²) < 4.78 is 4.61. The average Bonchev–Trinajstić information content (AvgIpc) is 2.32. The normalized spacial score (nSPS) is 14.5. The van der Waals surface area contributed by atoms with Crippen molar-refractivity contribution in [3.63, 3.8) is 0 Å². The van der Waals surface area contributed by atoms with Gasteiger partial charge in [0.2, 0.25) is 5.91 Å². The number of hydrogen-bond donors (Lipinski definition) is 0. The number of aryl methyl sites for hydroxylation is 2. The SMILES string of the molecule is COC(=O)CN1C(=O)CCc2cc(C)ccc21. The number of rotatable bonds is 2. The van der Waals surface area contributed by atoms with Crippen LogP contribution in [0.3, 0.4) is 0 Å². The number of fused-ring (bicyclic) bond motifs is 1. The van der Waals surface area contributed by atoms with Gasteiger partial charge in [-0.1, -0.05) is 17.7 Å². The summed E-state index contributed by atoms with van der Waals surface area (Å²) in [6.45, 7) is 2.01. The van der Waals surface area contributed by atoms with Crippen LogP contribution in [0.1, 0.15) is 17.5 Å². The molecule has 1 heterocycles. The number of esters is 1. The number of ether oxygens (including phenoxy) is 1. The van der Waals surface area contributed by atoms with E-state index in [4.69, 9.17) is 0 Å². The number of nitrogens with zero attached hydrogens (tertiary/aromatic N) is 1. The molecule has 90 valence electrons. The highest BCUT2D eigenvalue weighted by atomic mass is 16.5. The molecule has 0 atom stereocenters. The van der Waals surface area contributed by atoms with Crippen molar-refractivity contribution in [1.82, 2.24) is 0 Å². The van der Waals surface area contributed by atoms with Gasteiger partial charge in [-0.2, -0.15) is 0 Å². The van der Waals surface area contributed by atoms with Gasteiger partial charge in [0.1, 0.15) is 6.54 Å². The maximum absolute atomic E-state index is 11.8. The second-order valence-corrected chi connectivity index (χ2v) is 4.19. The first-order valence-corrected chi connectivity index (χ1v) is 5.58. The third kappa shape index (κ3) is 2.30. The van der Waals surface area contributed by atoms with Crippen LogP contribution < -0.4 is 4.90 Å². The van der Waals surface area contributed by atoms with E-state index in [2.05, 4.69) is 10.8 Å². The zero-order valence-electron chi connectivity index (χ0n) is 10.0. The molecular formula is C13H15NO3. The molecule has 0 aliphatic carbocycles. The summed E-state index contributed by atoms with van der Waals surface area (Å²) in [5.74, 6) is -0.418. The van der Waals surface area contributed by atoms with Crippen molar-refractivity contribution in [3.05, 3.63) is 29.3 Å². The predicted molar refractivity (Wildman–Crippen MR) is 63.9 cm³/mol. The van der Waals surface area contributed by atoms with Crippen molar-refractivity contribution < 1.29 is 14.3 Å². The molecule has 0 aromatic heterocycles. The predicted octanol–water partition coefficient (Wildman–Crippen LogP) is 1.45. The Morgan fingerprint density at radius 2 is 2.18 bits per heavy atom. The number of anilines is 1. The second-order valence-electron chi connectivity index (χ2n) is 4.19. The molecule has 1 aliphatic rings. The Kier molecular flexibility index (Phi) is 3.13. The molecule has 0 bridgehead atoms. The Morgan fingerprint density at radius 3 is 2.88 bits per heavy atom. The highest BCUT2D eigenvalue weighted by Gasteiger charge is 2.25. The van der Waals surface area contributed by atoms with Gasteiger partial charge in [0, 0.05) is 12.1 Å². The van der Waals surface area contributed by atoms with Gasteiger partial charge in [-0.3, -0.25) is 9.59 Å². The topological polar surface area (TPSA) is 46.6 Å². The standard InChI is InChI=1S/C13H15NO3/c1-9-3-5-11-10(7-9)4-6-12(15)14(11)8-13(16)17-2/h3,5,7H,4,6,8H2,1-2H3. The van der Waals surface area contributed by atoms with Gasteiger partial charge >= 0.3 is 5.97 Å². The minimum absolute atomic E-state index is 0.00854. The molecule has 0 unspecified atom stereocenters. The van der Waals surface area contributed by atoms with E-state index in [0.717, 1.165) is 23.2 Å². The summed E-state index contributed by atoms with van der Waals surface area (Å²) in [6.07, 6.45) is 1.20. The lowest BCUT2D eigenvalue weighted by atomic mass is 9.99.